The van der Waals surface area contributed by atoms with Crippen LogP contribution < -0.4 is 0 Å². The van der Waals surface area contributed by atoms with Gasteiger partial charge in [0.2, 0.25) is 0 Å². The maximum Gasteiger partial charge on any atom is 0.307 e. The van der Waals surface area contributed by atoms with E-state index in [1.807, 2.05) is 0 Å². The van der Waals surface area contributed by atoms with Crippen molar-refractivity contribution in [1.29, 1.82) is 0 Å². The number of carboxylic acids is 1. The number of hydrogen-bond acceptors (Lipinski definition) is 5. The zero-order valence-electron chi connectivity index (χ0n) is 19.3. The van der Waals surface area contributed by atoms with Crippen LogP contribution in [0.2, 0.25) is 0 Å². The molecule has 2 fully saturated rings. The minimum Gasteiger partial charge on any atom is -0.481 e. The predicted molar refractivity (Wildman–Crippen MR) is 113 cm³/mol. The lowest BCUT2D eigenvalue weighted by atomic mass is 9.67. The zero-order chi connectivity index (χ0) is 22.3. The first-order chi connectivity index (χ1) is 13.8. The molecule has 1 N–H and O–H groups in total. The molecule has 0 unspecified atom stereocenters. The van der Waals surface area contributed by atoms with Gasteiger partial charge in [-0.3, -0.25) is 9.59 Å². The van der Waals surface area contributed by atoms with Gasteiger partial charge in [-0.05, 0) is 70.1 Å². The lowest BCUT2D eigenvalue weighted by Crippen LogP contribution is -2.28. The van der Waals surface area contributed by atoms with E-state index in [2.05, 4.69) is 25.9 Å². The van der Waals surface area contributed by atoms with Crippen molar-refractivity contribution in [2.45, 2.75) is 104 Å². The molecule has 0 bridgehead atoms. The van der Waals surface area contributed by atoms with E-state index in [0.717, 1.165) is 48.6 Å². The summed E-state index contributed by atoms with van der Waals surface area (Å²) in [6.45, 7) is 12.2. The molecule has 0 aromatic carbocycles. The zero-order valence-corrected chi connectivity index (χ0v) is 19.3. The van der Waals surface area contributed by atoms with Gasteiger partial charge in [-0.2, -0.15) is 0 Å². The number of carbonyl (C=O) groups excluding carboxylic acids is 1. The van der Waals surface area contributed by atoms with Gasteiger partial charge in [-0.15, -0.1) is 0 Å². The Kier molecular flexibility index (Phi) is 6.35. The number of hydrogen-bond donors (Lipinski definition) is 1. The summed E-state index contributed by atoms with van der Waals surface area (Å²) >= 11 is 0. The SMILES string of the molecule is CC(C)(C)CC1CC(c2onc(C[C@@H](CC(=O)OC(C)(C)C)C(=O)O)c2C2CC2)C1. The Morgan fingerprint density at radius 3 is 2.27 bits per heavy atom. The van der Waals surface area contributed by atoms with Crippen LogP contribution in [0, 0.1) is 17.3 Å². The van der Waals surface area contributed by atoms with E-state index in [1.54, 1.807) is 20.8 Å². The number of rotatable bonds is 8. The standard InChI is InChI=1S/C24H37NO5/c1-23(2,3)13-14-9-16(10-14)21-20(15-7-8-15)18(25-30-21)11-17(22(27)28)12-19(26)29-24(4,5)6/h14-17H,7-13H2,1-6H3,(H,27,28)/t14?,16?,17-/m0/s1. The summed E-state index contributed by atoms with van der Waals surface area (Å²) < 4.78 is 11.1. The molecule has 0 amide bonds. The molecule has 2 aliphatic rings. The van der Waals surface area contributed by atoms with Crippen molar-refractivity contribution in [3.8, 4) is 0 Å². The number of nitrogens with zero attached hydrogens (tertiary/aromatic N) is 1. The van der Waals surface area contributed by atoms with E-state index in [1.165, 1.54) is 6.42 Å². The molecule has 6 heteroatoms. The van der Waals surface area contributed by atoms with Crippen molar-refractivity contribution in [3.63, 3.8) is 0 Å². The first kappa shape index (κ1) is 22.8. The fourth-order valence-corrected chi connectivity index (χ4v) is 4.64. The largest absolute Gasteiger partial charge is 0.481 e. The first-order valence-electron chi connectivity index (χ1n) is 11.3. The average Bonchev–Trinajstić information content (AvgIpc) is 3.28. The van der Waals surface area contributed by atoms with Gasteiger partial charge < -0.3 is 14.4 Å². The number of carbonyl (C=O) groups is 2. The molecule has 0 saturated heterocycles. The van der Waals surface area contributed by atoms with Gasteiger partial charge in [0.05, 0.1) is 18.0 Å². The first-order valence-corrected chi connectivity index (χ1v) is 11.3. The third-order valence-corrected chi connectivity index (χ3v) is 5.95. The van der Waals surface area contributed by atoms with Crippen molar-refractivity contribution in [1.82, 2.24) is 5.16 Å². The molecule has 0 aliphatic heterocycles. The molecular formula is C24H37NO5. The van der Waals surface area contributed by atoms with Gasteiger partial charge in [0.1, 0.15) is 11.4 Å². The summed E-state index contributed by atoms with van der Waals surface area (Å²) in [6, 6.07) is 0. The van der Waals surface area contributed by atoms with Gasteiger partial charge in [0.25, 0.3) is 0 Å². The molecule has 30 heavy (non-hydrogen) atoms. The van der Waals surface area contributed by atoms with Crippen molar-refractivity contribution >= 4 is 11.9 Å². The van der Waals surface area contributed by atoms with Crippen molar-refractivity contribution < 1.29 is 24.0 Å². The Morgan fingerprint density at radius 2 is 1.77 bits per heavy atom. The van der Waals surface area contributed by atoms with Crippen LogP contribution in [-0.2, 0) is 20.7 Å². The van der Waals surface area contributed by atoms with Crippen LogP contribution in [0.25, 0.3) is 0 Å². The van der Waals surface area contributed by atoms with Crippen LogP contribution in [-0.4, -0.2) is 27.8 Å². The van der Waals surface area contributed by atoms with Crippen LogP contribution in [0.4, 0.5) is 0 Å². The highest BCUT2D eigenvalue weighted by Crippen LogP contribution is 2.52. The van der Waals surface area contributed by atoms with Gasteiger partial charge in [0.15, 0.2) is 0 Å². The third kappa shape index (κ3) is 6.08. The highest BCUT2D eigenvalue weighted by atomic mass is 16.6. The maximum atomic E-state index is 12.2. The number of carboxylic acid groups (broad SMARTS) is 1. The fraction of sp³-hybridized carbons (Fsp3) is 0.792. The smallest absolute Gasteiger partial charge is 0.307 e. The van der Waals surface area contributed by atoms with E-state index in [4.69, 9.17) is 9.26 Å². The second-order valence-corrected chi connectivity index (χ2v) is 11.5. The minimum atomic E-state index is -0.999. The van der Waals surface area contributed by atoms with E-state index in [-0.39, 0.29) is 12.8 Å². The highest BCUT2D eigenvalue weighted by Gasteiger charge is 2.41. The summed E-state index contributed by atoms with van der Waals surface area (Å²) in [7, 11) is 0. The van der Waals surface area contributed by atoms with Crippen LogP contribution >= 0.6 is 0 Å². The maximum absolute atomic E-state index is 12.2. The number of aromatic nitrogens is 1. The van der Waals surface area contributed by atoms with Crippen LogP contribution in [0.15, 0.2) is 4.52 Å². The summed E-state index contributed by atoms with van der Waals surface area (Å²) in [6.07, 6.45) is 5.70. The molecule has 1 heterocycles. The molecule has 2 saturated carbocycles. The molecule has 0 radical (unpaired) electrons. The molecule has 0 spiro atoms. The van der Waals surface area contributed by atoms with Gasteiger partial charge in [-0.1, -0.05) is 25.9 Å². The molecule has 1 aromatic heterocycles. The molecular weight excluding hydrogens is 382 g/mol. The Labute approximate surface area is 179 Å². The lowest BCUT2D eigenvalue weighted by Gasteiger charge is -2.38. The molecule has 2 aliphatic carbocycles. The van der Waals surface area contributed by atoms with Crippen molar-refractivity contribution in [2.75, 3.05) is 0 Å². The average molecular weight is 420 g/mol. The molecule has 1 atom stereocenters. The second kappa shape index (κ2) is 8.35. The topological polar surface area (TPSA) is 89.6 Å². The van der Waals surface area contributed by atoms with Gasteiger partial charge in [-0.25, -0.2) is 0 Å². The summed E-state index contributed by atoms with van der Waals surface area (Å²) in [4.78, 5) is 24.0. The van der Waals surface area contributed by atoms with E-state index < -0.39 is 23.5 Å². The number of aliphatic carboxylic acids is 1. The van der Waals surface area contributed by atoms with Crippen LogP contribution in [0.3, 0.4) is 0 Å². The molecule has 1 aromatic rings. The minimum absolute atomic E-state index is 0.157. The Morgan fingerprint density at radius 1 is 1.13 bits per heavy atom. The van der Waals surface area contributed by atoms with Crippen LogP contribution in [0.5, 0.6) is 0 Å². The lowest BCUT2D eigenvalue weighted by molar-refractivity contribution is -0.159. The normalized spacial score (nSPS) is 23.0. The molecule has 3 rings (SSSR count). The summed E-state index contributed by atoms with van der Waals surface area (Å²) in [5.74, 6) is 0.165. The fourth-order valence-electron chi connectivity index (χ4n) is 4.64. The molecule has 6 nitrogen and oxygen atoms in total. The quantitative estimate of drug-likeness (QED) is 0.563. The summed E-state index contributed by atoms with van der Waals surface area (Å²) in [5.41, 5.74) is 1.55. The van der Waals surface area contributed by atoms with Crippen LogP contribution in [0.1, 0.15) is 109 Å². The second-order valence-electron chi connectivity index (χ2n) is 11.5. The Balaban J connectivity index is 1.69. The van der Waals surface area contributed by atoms with E-state index in [0.29, 0.717) is 17.3 Å². The van der Waals surface area contributed by atoms with E-state index >= 15 is 0 Å². The highest BCUT2D eigenvalue weighted by molar-refractivity contribution is 5.79. The van der Waals surface area contributed by atoms with Crippen molar-refractivity contribution in [3.05, 3.63) is 17.0 Å². The van der Waals surface area contributed by atoms with E-state index in [9.17, 15) is 14.7 Å². The Bertz CT molecular complexity index is 772. The summed E-state index contributed by atoms with van der Waals surface area (Å²) in [5, 5.41) is 14.0. The number of esters is 1. The van der Waals surface area contributed by atoms with Gasteiger partial charge in [0, 0.05) is 17.9 Å². The van der Waals surface area contributed by atoms with Crippen molar-refractivity contribution in [2.24, 2.45) is 17.3 Å². The third-order valence-electron chi connectivity index (χ3n) is 5.95. The number of ether oxygens (including phenoxy) is 1. The Hall–Kier alpha value is -1.85. The predicted octanol–water partition coefficient (Wildman–Crippen LogP) is 5.46. The van der Waals surface area contributed by atoms with Gasteiger partial charge >= 0.3 is 11.9 Å². The molecule has 168 valence electrons. The monoisotopic (exact) mass is 419 g/mol.